The molecule has 2 aromatic carbocycles. The minimum Gasteiger partial charge on any atom is -0.378 e. The zero-order valence-corrected chi connectivity index (χ0v) is 14.5. The molecule has 1 fully saturated rings. The molecule has 4 rings (SSSR count). The number of hydrogen-bond donors (Lipinski definition) is 2. The van der Waals surface area contributed by atoms with Crippen molar-refractivity contribution in [2.45, 2.75) is 44.8 Å². The van der Waals surface area contributed by atoms with E-state index in [1.165, 1.54) is 10.8 Å². The Morgan fingerprint density at radius 3 is 3.00 bits per heavy atom. The van der Waals surface area contributed by atoms with Crippen LogP contribution in [0.4, 0.5) is 0 Å². The Kier molecular flexibility index (Phi) is 4.45. The number of amides is 1. The van der Waals surface area contributed by atoms with Crippen molar-refractivity contribution >= 4 is 27.6 Å². The van der Waals surface area contributed by atoms with Gasteiger partial charge in [-0.25, -0.2) is 0 Å². The van der Waals surface area contributed by atoms with Crippen molar-refractivity contribution in [2.24, 2.45) is 0 Å². The molecule has 1 aliphatic heterocycles. The van der Waals surface area contributed by atoms with Gasteiger partial charge in [0, 0.05) is 23.6 Å². The zero-order valence-electron chi connectivity index (χ0n) is 14.5. The number of fused-ring (bicyclic) bond motifs is 3. The van der Waals surface area contributed by atoms with Crippen molar-refractivity contribution in [3.63, 3.8) is 0 Å². The van der Waals surface area contributed by atoms with E-state index < -0.39 is 0 Å². The van der Waals surface area contributed by atoms with Crippen molar-refractivity contribution < 1.29 is 9.53 Å². The molecule has 0 saturated carbocycles. The van der Waals surface area contributed by atoms with Gasteiger partial charge in [-0.2, -0.15) is 0 Å². The zero-order chi connectivity index (χ0) is 17.2. The molecule has 0 radical (unpaired) electrons. The van der Waals surface area contributed by atoms with Crippen molar-refractivity contribution in [3.05, 3.63) is 48.2 Å². The highest BCUT2D eigenvalue weighted by Crippen LogP contribution is 2.26. The van der Waals surface area contributed by atoms with E-state index in [1.54, 1.807) is 0 Å². The number of carbonyl (C=O) groups excluding carboxylic acids is 1. The summed E-state index contributed by atoms with van der Waals surface area (Å²) in [6, 6.07) is 14.5. The van der Waals surface area contributed by atoms with Gasteiger partial charge in [0.15, 0.2) is 0 Å². The van der Waals surface area contributed by atoms with Gasteiger partial charge in [0.25, 0.3) is 5.91 Å². The van der Waals surface area contributed by atoms with Gasteiger partial charge < -0.3 is 15.0 Å². The smallest absolute Gasteiger partial charge is 0.267 e. The van der Waals surface area contributed by atoms with E-state index in [0.717, 1.165) is 43.2 Å². The number of nitrogens with one attached hydrogen (secondary N) is 2. The van der Waals surface area contributed by atoms with Gasteiger partial charge in [-0.3, -0.25) is 4.79 Å². The quantitative estimate of drug-likeness (QED) is 0.725. The second kappa shape index (κ2) is 6.89. The Hall–Kier alpha value is -2.33. The molecule has 1 aliphatic rings. The maximum absolute atomic E-state index is 12.6. The van der Waals surface area contributed by atoms with E-state index in [2.05, 4.69) is 35.4 Å². The summed E-state index contributed by atoms with van der Waals surface area (Å²) in [5.74, 6) is -0.0416. The summed E-state index contributed by atoms with van der Waals surface area (Å²) in [6.45, 7) is 2.94. The van der Waals surface area contributed by atoms with E-state index in [4.69, 9.17) is 4.74 Å². The van der Waals surface area contributed by atoms with Crippen LogP contribution in [0.2, 0.25) is 0 Å². The third kappa shape index (κ3) is 3.40. The first kappa shape index (κ1) is 16.2. The lowest BCUT2D eigenvalue weighted by atomic mass is 10.1. The predicted molar refractivity (Wildman–Crippen MR) is 101 cm³/mol. The molecule has 130 valence electrons. The lowest BCUT2D eigenvalue weighted by Gasteiger charge is -2.15. The van der Waals surface area contributed by atoms with Crippen molar-refractivity contribution in [3.8, 4) is 0 Å². The van der Waals surface area contributed by atoms with Gasteiger partial charge >= 0.3 is 0 Å². The molecule has 2 atom stereocenters. The molecule has 0 bridgehead atoms. The highest BCUT2D eigenvalue weighted by molar-refractivity contribution is 6.09. The molecule has 3 aromatic rings. The first-order chi connectivity index (χ1) is 12.2. The summed E-state index contributed by atoms with van der Waals surface area (Å²) in [4.78, 5) is 15.8. The van der Waals surface area contributed by atoms with Crippen molar-refractivity contribution in [1.82, 2.24) is 10.3 Å². The maximum atomic E-state index is 12.6. The average Bonchev–Trinajstić information content (AvgIpc) is 3.29. The lowest BCUT2D eigenvalue weighted by molar-refractivity contribution is 0.0896. The Labute approximate surface area is 147 Å². The third-order valence-electron chi connectivity index (χ3n) is 5.10. The fourth-order valence-electron chi connectivity index (χ4n) is 3.69. The summed E-state index contributed by atoms with van der Waals surface area (Å²) < 4.78 is 5.65. The normalized spacial score (nSPS) is 18.7. The standard InChI is InChI=1S/C21H24N2O2/c1-14(8-10-16-6-4-12-25-16)22-21(24)20-13-18-17-7-3-2-5-15(17)9-11-19(18)23-20/h2-3,5,7,9,11,13-14,16,23H,4,6,8,10,12H2,1H3,(H,22,24). The van der Waals surface area contributed by atoms with Crippen LogP contribution in [0.15, 0.2) is 42.5 Å². The minimum atomic E-state index is -0.0416. The molecule has 25 heavy (non-hydrogen) atoms. The summed E-state index contributed by atoms with van der Waals surface area (Å²) in [5.41, 5.74) is 1.62. The number of H-pyrrole nitrogens is 1. The van der Waals surface area contributed by atoms with Gasteiger partial charge in [-0.1, -0.05) is 30.3 Å². The monoisotopic (exact) mass is 336 g/mol. The second-order valence-electron chi connectivity index (χ2n) is 7.02. The van der Waals surface area contributed by atoms with Gasteiger partial charge in [-0.05, 0) is 55.5 Å². The Balaban J connectivity index is 1.47. The fourth-order valence-corrected chi connectivity index (χ4v) is 3.69. The number of carbonyl (C=O) groups is 1. The summed E-state index contributed by atoms with van der Waals surface area (Å²) in [5, 5.41) is 6.55. The summed E-state index contributed by atoms with van der Waals surface area (Å²) in [7, 11) is 0. The molecule has 4 heteroatoms. The van der Waals surface area contributed by atoms with Crippen LogP contribution in [0.5, 0.6) is 0 Å². The Morgan fingerprint density at radius 2 is 2.16 bits per heavy atom. The summed E-state index contributed by atoms with van der Waals surface area (Å²) >= 11 is 0. The van der Waals surface area contributed by atoms with E-state index in [9.17, 15) is 4.79 Å². The van der Waals surface area contributed by atoms with Crippen LogP contribution in [0, 0.1) is 0 Å². The number of benzene rings is 2. The van der Waals surface area contributed by atoms with Gasteiger partial charge in [-0.15, -0.1) is 0 Å². The number of aromatic nitrogens is 1. The average molecular weight is 336 g/mol. The molecule has 1 saturated heterocycles. The maximum Gasteiger partial charge on any atom is 0.267 e. The number of rotatable bonds is 5. The van der Waals surface area contributed by atoms with Gasteiger partial charge in [0.05, 0.1) is 6.10 Å². The Morgan fingerprint density at radius 1 is 1.28 bits per heavy atom. The van der Waals surface area contributed by atoms with Crippen LogP contribution in [-0.2, 0) is 4.74 Å². The molecular weight excluding hydrogens is 312 g/mol. The molecule has 1 amide bonds. The number of aromatic amines is 1. The molecule has 0 spiro atoms. The van der Waals surface area contributed by atoms with Crippen LogP contribution >= 0.6 is 0 Å². The summed E-state index contributed by atoms with van der Waals surface area (Å²) in [6.07, 6.45) is 4.64. The first-order valence-corrected chi connectivity index (χ1v) is 9.13. The first-order valence-electron chi connectivity index (χ1n) is 9.13. The largest absolute Gasteiger partial charge is 0.378 e. The third-order valence-corrected chi connectivity index (χ3v) is 5.10. The van der Waals surface area contributed by atoms with E-state index >= 15 is 0 Å². The number of hydrogen-bond acceptors (Lipinski definition) is 2. The van der Waals surface area contributed by atoms with E-state index in [0.29, 0.717) is 11.8 Å². The van der Waals surface area contributed by atoms with Crippen LogP contribution in [0.25, 0.3) is 21.7 Å². The molecule has 1 aromatic heterocycles. The highest BCUT2D eigenvalue weighted by Gasteiger charge is 2.18. The van der Waals surface area contributed by atoms with Crippen LogP contribution in [0.3, 0.4) is 0 Å². The lowest BCUT2D eigenvalue weighted by Crippen LogP contribution is -2.33. The topological polar surface area (TPSA) is 54.1 Å². The predicted octanol–water partition coefficient (Wildman–Crippen LogP) is 4.40. The molecule has 2 heterocycles. The Bertz CT molecular complexity index is 893. The highest BCUT2D eigenvalue weighted by atomic mass is 16.5. The molecule has 0 aliphatic carbocycles. The van der Waals surface area contributed by atoms with Crippen LogP contribution in [0.1, 0.15) is 43.1 Å². The van der Waals surface area contributed by atoms with Gasteiger partial charge in [0.2, 0.25) is 0 Å². The fraction of sp³-hybridized carbons (Fsp3) is 0.381. The molecular formula is C21H24N2O2. The van der Waals surface area contributed by atoms with Gasteiger partial charge in [0.1, 0.15) is 5.69 Å². The van der Waals surface area contributed by atoms with Crippen LogP contribution < -0.4 is 5.32 Å². The van der Waals surface area contributed by atoms with Crippen LogP contribution in [-0.4, -0.2) is 29.6 Å². The van der Waals surface area contributed by atoms with E-state index in [-0.39, 0.29) is 11.9 Å². The second-order valence-corrected chi connectivity index (χ2v) is 7.02. The SMILES string of the molecule is CC(CCC1CCCO1)NC(=O)c1cc2c(ccc3ccccc32)[nH]1. The molecule has 2 N–H and O–H groups in total. The van der Waals surface area contributed by atoms with E-state index in [1.807, 2.05) is 24.3 Å². The van der Waals surface area contributed by atoms with Crippen molar-refractivity contribution in [1.29, 1.82) is 0 Å². The molecule has 2 unspecified atom stereocenters. The van der Waals surface area contributed by atoms with Crippen molar-refractivity contribution in [2.75, 3.05) is 6.61 Å². The number of ether oxygens (including phenoxy) is 1. The molecule has 4 nitrogen and oxygen atoms in total. The minimum absolute atomic E-state index is 0.0416.